The number of pyridine rings is 1. The largest absolute Gasteiger partial charge is 0.327 e. The van der Waals surface area contributed by atoms with E-state index in [0.29, 0.717) is 54.3 Å². The lowest BCUT2D eigenvalue weighted by molar-refractivity contribution is 0.0641. The first-order valence-electron chi connectivity index (χ1n) is 12.0. The molecule has 0 N–H and O–H groups in total. The van der Waals surface area contributed by atoms with Gasteiger partial charge in [0.25, 0.3) is 11.5 Å². The molecule has 4 rings (SSSR count). The zero-order valence-electron chi connectivity index (χ0n) is 21.1. The van der Waals surface area contributed by atoms with Gasteiger partial charge < -0.3 is 9.80 Å². The molecule has 0 fully saturated rings. The molecule has 186 valence electrons. The number of nitrogens with zero attached hydrogens (tertiary/aromatic N) is 7. The van der Waals surface area contributed by atoms with Crippen molar-refractivity contribution in [3.63, 3.8) is 0 Å². The van der Waals surface area contributed by atoms with Gasteiger partial charge in [0.05, 0.1) is 23.5 Å². The van der Waals surface area contributed by atoms with E-state index in [0.717, 1.165) is 5.56 Å². The lowest BCUT2D eigenvalue weighted by atomic mass is 10.1. The number of rotatable bonds is 9. The summed E-state index contributed by atoms with van der Waals surface area (Å²) < 4.78 is 1.68. The Morgan fingerprint density at radius 3 is 2.39 bits per heavy atom. The number of likely N-dealkylation sites (N-methyl/N-ethyl adjacent to an activating group) is 1. The van der Waals surface area contributed by atoms with Crippen molar-refractivity contribution in [3.05, 3.63) is 94.2 Å². The van der Waals surface area contributed by atoms with Gasteiger partial charge in [0.1, 0.15) is 11.6 Å². The standard InChI is InChI=1S/C27H31N7O2/c1-5-23(33(15-14-32(3)4)26(35)21-16-29-19(2)30-17-21)25-31-24-22(12-9-13-28-24)27(36)34(25)18-20-10-7-6-8-11-20/h6-13,16-17,23H,5,14-15,18H2,1-4H3. The summed E-state index contributed by atoms with van der Waals surface area (Å²) in [6, 6.07) is 12.8. The molecule has 0 saturated carbocycles. The van der Waals surface area contributed by atoms with Crippen LogP contribution in [0.3, 0.4) is 0 Å². The number of hydrogen-bond donors (Lipinski definition) is 0. The molecule has 0 bridgehead atoms. The van der Waals surface area contributed by atoms with Crippen molar-refractivity contribution < 1.29 is 4.79 Å². The number of fused-ring (bicyclic) bond motifs is 1. The van der Waals surface area contributed by atoms with Crippen LogP contribution in [0.2, 0.25) is 0 Å². The molecule has 0 aliphatic rings. The van der Waals surface area contributed by atoms with E-state index in [9.17, 15) is 9.59 Å². The van der Waals surface area contributed by atoms with Crippen molar-refractivity contribution in [2.45, 2.75) is 32.9 Å². The molecule has 3 aromatic heterocycles. The number of carbonyl (C=O) groups excluding carboxylic acids is 1. The highest BCUT2D eigenvalue weighted by Crippen LogP contribution is 2.26. The van der Waals surface area contributed by atoms with Crippen LogP contribution < -0.4 is 5.56 Å². The van der Waals surface area contributed by atoms with Gasteiger partial charge in [-0.05, 0) is 45.1 Å². The highest BCUT2D eigenvalue weighted by Gasteiger charge is 2.30. The summed E-state index contributed by atoms with van der Waals surface area (Å²) in [4.78, 5) is 48.9. The topological polar surface area (TPSA) is 97.1 Å². The van der Waals surface area contributed by atoms with E-state index in [1.54, 1.807) is 47.1 Å². The maximum absolute atomic E-state index is 13.8. The lowest BCUT2D eigenvalue weighted by Crippen LogP contribution is -2.42. The molecule has 36 heavy (non-hydrogen) atoms. The number of amides is 1. The van der Waals surface area contributed by atoms with Gasteiger partial charge >= 0.3 is 0 Å². The third kappa shape index (κ3) is 5.46. The normalized spacial score (nSPS) is 12.1. The van der Waals surface area contributed by atoms with Crippen LogP contribution in [-0.4, -0.2) is 67.4 Å². The molecule has 4 aromatic rings. The highest BCUT2D eigenvalue weighted by atomic mass is 16.2. The summed E-state index contributed by atoms with van der Waals surface area (Å²) in [7, 11) is 3.92. The fraction of sp³-hybridized carbons (Fsp3) is 0.333. The minimum Gasteiger partial charge on any atom is -0.327 e. The van der Waals surface area contributed by atoms with Gasteiger partial charge in [-0.3, -0.25) is 14.2 Å². The molecular formula is C27H31N7O2. The van der Waals surface area contributed by atoms with Crippen LogP contribution in [0.1, 0.15) is 47.0 Å². The lowest BCUT2D eigenvalue weighted by Gasteiger charge is -2.33. The first kappa shape index (κ1) is 25.1. The second-order valence-corrected chi connectivity index (χ2v) is 8.97. The maximum Gasteiger partial charge on any atom is 0.263 e. The van der Waals surface area contributed by atoms with Crippen LogP contribution in [-0.2, 0) is 6.54 Å². The van der Waals surface area contributed by atoms with Gasteiger partial charge in [0.15, 0.2) is 5.65 Å². The zero-order valence-corrected chi connectivity index (χ0v) is 21.1. The predicted molar refractivity (Wildman–Crippen MR) is 139 cm³/mol. The molecule has 1 atom stereocenters. The van der Waals surface area contributed by atoms with E-state index in [4.69, 9.17) is 4.98 Å². The smallest absolute Gasteiger partial charge is 0.263 e. The second kappa shape index (κ2) is 11.2. The van der Waals surface area contributed by atoms with Crippen molar-refractivity contribution in [1.29, 1.82) is 0 Å². The fourth-order valence-corrected chi connectivity index (χ4v) is 4.16. The molecule has 1 aromatic carbocycles. The van der Waals surface area contributed by atoms with Crippen molar-refractivity contribution >= 4 is 16.9 Å². The molecule has 0 saturated heterocycles. The van der Waals surface area contributed by atoms with Gasteiger partial charge in [-0.2, -0.15) is 0 Å². The number of aromatic nitrogens is 5. The van der Waals surface area contributed by atoms with Crippen LogP contribution in [0.25, 0.3) is 11.0 Å². The summed E-state index contributed by atoms with van der Waals surface area (Å²) in [5.41, 5.74) is 1.57. The SMILES string of the molecule is CCC(c1nc2ncccc2c(=O)n1Cc1ccccc1)N(CCN(C)C)C(=O)c1cnc(C)nc1. The first-order valence-corrected chi connectivity index (χ1v) is 12.0. The fourth-order valence-electron chi connectivity index (χ4n) is 4.16. The number of carbonyl (C=O) groups is 1. The molecule has 0 spiro atoms. The number of benzene rings is 1. The first-order chi connectivity index (χ1) is 17.4. The number of hydrogen-bond acceptors (Lipinski definition) is 7. The summed E-state index contributed by atoms with van der Waals surface area (Å²) in [5, 5.41) is 0.449. The Labute approximate surface area is 210 Å². The zero-order chi connectivity index (χ0) is 25.7. The van der Waals surface area contributed by atoms with Crippen LogP contribution in [0.5, 0.6) is 0 Å². The summed E-state index contributed by atoms with van der Waals surface area (Å²) in [5.74, 6) is 0.903. The van der Waals surface area contributed by atoms with E-state index in [-0.39, 0.29) is 11.5 Å². The Kier molecular flexibility index (Phi) is 7.80. The Morgan fingerprint density at radius 2 is 1.72 bits per heavy atom. The average molecular weight is 486 g/mol. The van der Waals surface area contributed by atoms with Gasteiger partial charge in [0.2, 0.25) is 0 Å². The van der Waals surface area contributed by atoms with Gasteiger partial charge in [-0.1, -0.05) is 37.3 Å². The maximum atomic E-state index is 13.8. The van der Waals surface area contributed by atoms with E-state index < -0.39 is 6.04 Å². The quantitative estimate of drug-likeness (QED) is 0.359. The number of aryl methyl sites for hydroxylation is 1. The molecule has 3 heterocycles. The summed E-state index contributed by atoms with van der Waals surface area (Å²) in [6.45, 7) is 5.20. The van der Waals surface area contributed by atoms with Crippen molar-refractivity contribution in [2.75, 3.05) is 27.2 Å². The highest BCUT2D eigenvalue weighted by molar-refractivity contribution is 5.94. The third-order valence-corrected chi connectivity index (χ3v) is 6.08. The molecular weight excluding hydrogens is 454 g/mol. The van der Waals surface area contributed by atoms with Gasteiger partial charge in [0, 0.05) is 31.7 Å². The molecule has 0 radical (unpaired) electrons. The van der Waals surface area contributed by atoms with Crippen molar-refractivity contribution in [3.8, 4) is 0 Å². The van der Waals surface area contributed by atoms with Gasteiger partial charge in [-0.25, -0.2) is 19.9 Å². The second-order valence-electron chi connectivity index (χ2n) is 8.97. The molecule has 0 aliphatic heterocycles. The van der Waals surface area contributed by atoms with Gasteiger partial charge in [-0.15, -0.1) is 0 Å². The predicted octanol–water partition coefficient (Wildman–Crippen LogP) is 3.09. The third-order valence-electron chi connectivity index (χ3n) is 6.08. The van der Waals surface area contributed by atoms with E-state index >= 15 is 0 Å². The van der Waals surface area contributed by atoms with Crippen LogP contribution in [0.15, 0.2) is 65.8 Å². The molecule has 9 heteroatoms. The molecule has 1 unspecified atom stereocenters. The Balaban J connectivity index is 1.87. The Hall–Kier alpha value is -3.98. The Bertz CT molecular complexity index is 1390. The average Bonchev–Trinajstić information content (AvgIpc) is 2.89. The monoisotopic (exact) mass is 485 g/mol. The van der Waals surface area contributed by atoms with Crippen LogP contribution >= 0.6 is 0 Å². The molecule has 1 amide bonds. The van der Waals surface area contributed by atoms with Crippen LogP contribution in [0.4, 0.5) is 0 Å². The minimum absolute atomic E-state index is 0.177. The summed E-state index contributed by atoms with van der Waals surface area (Å²) >= 11 is 0. The van der Waals surface area contributed by atoms with Crippen molar-refractivity contribution in [2.24, 2.45) is 0 Å². The van der Waals surface area contributed by atoms with E-state index in [1.807, 2.05) is 56.3 Å². The van der Waals surface area contributed by atoms with Crippen LogP contribution in [0, 0.1) is 6.92 Å². The molecule has 9 nitrogen and oxygen atoms in total. The van der Waals surface area contributed by atoms with E-state index in [1.165, 1.54) is 0 Å². The molecule has 0 aliphatic carbocycles. The minimum atomic E-state index is -0.457. The van der Waals surface area contributed by atoms with E-state index in [2.05, 4.69) is 15.0 Å². The van der Waals surface area contributed by atoms with Crippen molar-refractivity contribution in [1.82, 2.24) is 34.3 Å². The summed E-state index contributed by atoms with van der Waals surface area (Å²) in [6.07, 6.45) is 5.28. The Morgan fingerprint density at radius 1 is 1.00 bits per heavy atom.